The Hall–Kier alpha value is -1.36. The number of rotatable bonds is 5. The molecule has 1 saturated carbocycles. The van der Waals surface area contributed by atoms with Crippen LogP contribution in [0.5, 0.6) is 0 Å². The van der Waals surface area contributed by atoms with Crippen molar-refractivity contribution < 1.29 is 9.53 Å². The number of hydrogen-bond acceptors (Lipinski definition) is 3. The fraction of sp³-hybridized carbons (Fsp3) is 0.765. The van der Waals surface area contributed by atoms with Crippen LogP contribution < -0.4 is 5.32 Å². The number of hydrogen-bond donors (Lipinski definition) is 1. The minimum absolute atomic E-state index is 0.0872. The third-order valence-corrected chi connectivity index (χ3v) is 4.28. The first-order valence-electron chi connectivity index (χ1n) is 8.33. The summed E-state index contributed by atoms with van der Waals surface area (Å²) in [6.07, 6.45) is 8.73. The smallest absolute Gasteiger partial charge is 0.254 e. The minimum Gasteiger partial charge on any atom is -0.376 e. The van der Waals surface area contributed by atoms with Gasteiger partial charge in [0, 0.05) is 12.7 Å². The van der Waals surface area contributed by atoms with E-state index in [1.807, 2.05) is 4.68 Å². The molecule has 0 saturated heterocycles. The molecule has 1 heterocycles. The van der Waals surface area contributed by atoms with Crippen LogP contribution in [0.3, 0.4) is 0 Å². The van der Waals surface area contributed by atoms with E-state index in [1.54, 1.807) is 12.4 Å². The van der Waals surface area contributed by atoms with E-state index in [4.69, 9.17) is 4.74 Å². The summed E-state index contributed by atoms with van der Waals surface area (Å²) < 4.78 is 7.71. The number of amides is 1. The molecular weight excluding hydrogens is 278 g/mol. The lowest BCUT2D eigenvalue weighted by molar-refractivity contribution is -0.00293. The van der Waals surface area contributed by atoms with Gasteiger partial charge >= 0.3 is 0 Å². The number of nitrogens with one attached hydrogen (secondary N) is 1. The molecule has 5 heteroatoms. The van der Waals surface area contributed by atoms with Crippen LogP contribution in [0.15, 0.2) is 12.4 Å². The van der Waals surface area contributed by atoms with Crippen LogP contribution in [0.2, 0.25) is 0 Å². The molecule has 2 unspecified atom stereocenters. The van der Waals surface area contributed by atoms with Crippen molar-refractivity contribution in [3.05, 3.63) is 18.0 Å². The largest absolute Gasteiger partial charge is 0.376 e. The third kappa shape index (κ3) is 4.57. The Morgan fingerprint density at radius 2 is 2.14 bits per heavy atom. The minimum atomic E-state index is -0.112. The molecule has 1 aromatic heterocycles. The Morgan fingerprint density at radius 1 is 1.41 bits per heavy atom. The maximum atomic E-state index is 12.1. The molecule has 1 N–H and O–H groups in total. The van der Waals surface area contributed by atoms with E-state index >= 15 is 0 Å². The van der Waals surface area contributed by atoms with E-state index in [2.05, 4.69) is 38.1 Å². The second kappa shape index (κ2) is 7.27. The SMILES string of the molecule is CC1CCCCC1OCCNC(=O)c1cnn(C(C)(C)C)c1. The Labute approximate surface area is 133 Å². The summed E-state index contributed by atoms with van der Waals surface area (Å²) in [7, 11) is 0. The Bertz CT molecular complexity index is 490. The van der Waals surface area contributed by atoms with Crippen LogP contribution in [0.25, 0.3) is 0 Å². The summed E-state index contributed by atoms with van der Waals surface area (Å²) in [6.45, 7) is 9.54. The average Bonchev–Trinajstić information content (AvgIpc) is 2.95. The molecule has 2 rings (SSSR count). The first-order valence-corrected chi connectivity index (χ1v) is 8.33. The van der Waals surface area contributed by atoms with Gasteiger partial charge in [-0.3, -0.25) is 9.48 Å². The quantitative estimate of drug-likeness (QED) is 0.851. The monoisotopic (exact) mass is 307 g/mol. The highest BCUT2D eigenvalue weighted by Crippen LogP contribution is 2.25. The van der Waals surface area contributed by atoms with Gasteiger partial charge in [-0.25, -0.2) is 0 Å². The van der Waals surface area contributed by atoms with E-state index < -0.39 is 0 Å². The van der Waals surface area contributed by atoms with Gasteiger partial charge in [-0.2, -0.15) is 5.10 Å². The van der Waals surface area contributed by atoms with Gasteiger partial charge < -0.3 is 10.1 Å². The van der Waals surface area contributed by atoms with Gasteiger partial charge in [-0.05, 0) is 39.5 Å². The van der Waals surface area contributed by atoms with Gasteiger partial charge in [0.15, 0.2) is 0 Å². The summed E-state index contributed by atoms with van der Waals surface area (Å²) in [6, 6.07) is 0. The van der Waals surface area contributed by atoms with Gasteiger partial charge in [-0.15, -0.1) is 0 Å². The van der Waals surface area contributed by atoms with Gasteiger partial charge in [0.05, 0.1) is 30.0 Å². The zero-order valence-electron chi connectivity index (χ0n) is 14.3. The average molecular weight is 307 g/mol. The highest BCUT2D eigenvalue weighted by molar-refractivity contribution is 5.93. The Kier molecular flexibility index (Phi) is 5.62. The fourth-order valence-electron chi connectivity index (χ4n) is 2.81. The highest BCUT2D eigenvalue weighted by Gasteiger charge is 2.21. The molecule has 1 fully saturated rings. The number of nitrogens with zero attached hydrogens (tertiary/aromatic N) is 2. The molecule has 0 radical (unpaired) electrons. The second-order valence-electron chi connectivity index (χ2n) is 7.27. The lowest BCUT2D eigenvalue weighted by Crippen LogP contribution is -2.31. The molecule has 1 aliphatic rings. The summed E-state index contributed by atoms with van der Waals surface area (Å²) in [5, 5.41) is 7.15. The summed E-state index contributed by atoms with van der Waals surface area (Å²) in [5.41, 5.74) is 0.486. The van der Waals surface area contributed by atoms with Crippen molar-refractivity contribution in [2.24, 2.45) is 5.92 Å². The van der Waals surface area contributed by atoms with E-state index in [0.717, 1.165) is 6.42 Å². The molecule has 0 aromatic carbocycles. The van der Waals surface area contributed by atoms with E-state index in [9.17, 15) is 4.79 Å². The van der Waals surface area contributed by atoms with Gasteiger partial charge in [0.1, 0.15) is 0 Å². The lowest BCUT2D eigenvalue weighted by atomic mass is 9.88. The fourth-order valence-corrected chi connectivity index (χ4v) is 2.81. The lowest BCUT2D eigenvalue weighted by Gasteiger charge is -2.28. The summed E-state index contributed by atoms with van der Waals surface area (Å²) >= 11 is 0. The predicted molar refractivity (Wildman–Crippen MR) is 86.9 cm³/mol. The van der Waals surface area contributed by atoms with Crippen LogP contribution >= 0.6 is 0 Å². The predicted octanol–water partition coefficient (Wildman–Crippen LogP) is 2.96. The number of aromatic nitrogens is 2. The van der Waals surface area contributed by atoms with E-state index in [0.29, 0.717) is 30.7 Å². The van der Waals surface area contributed by atoms with E-state index in [-0.39, 0.29) is 11.4 Å². The molecular formula is C17H29N3O2. The molecule has 22 heavy (non-hydrogen) atoms. The van der Waals surface area contributed by atoms with Crippen molar-refractivity contribution in [2.45, 2.75) is 65.0 Å². The molecule has 1 amide bonds. The van der Waals surface area contributed by atoms with Gasteiger partial charge in [-0.1, -0.05) is 19.8 Å². The van der Waals surface area contributed by atoms with Crippen molar-refractivity contribution in [2.75, 3.05) is 13.2 Å². The van der Waals surface area contributed by atoms with Crippen LogP contribution in [0.4, 0.5) is 0 Å². The molecule has 1 aromatic rings. The zero-order chi connectivity index (χ0) is 16.2. The van der Waals surface area contributed by atoms with Crippen LogP contribution in [0, 0.1) is 5.92 Å². The van der Waals surface area contributed by atoms with E-state index in [1.165, 1.54) is 19.3 Å². The maximum Gasteiger partial charge on any atom is 0.254 e. The van der Waals surface area contributed by atoms with Crippen molar-refractivity contribution in [1.29, 1.82) is 0 Å². The van der Waals surface area contributed by atoms with Gasteiger partial charge in [0.2, 0.25) is 0 Å². The Morgan fingerprint density at radius 3 is 2.77 bits per heavy atom. The first-order chi connectivity index (χ1) is 10.4. The van der Waals surface area contributed by atoms with Crippen molar-refractivity contribution in [3.63, 3.8) is 0 Å². The van der Waals surface area contributed by atoms with Crippen molar-refractivity contribution >= 4 is 5.91 Å². The highest BCUT2D eigenvalue weighted by atomic mass is 16.5. The third-order valence-electron chi connectivity index (χ3n) is 4.28. The molecule has 1 aliphatic carbocycles. The molecule has 5 nitrogen and oxygen atoms in total. The first kappa shape index (κ1) is 17.0. The zero-order valence-corrected chi connectivity index (χ0v) is 14.3. The van der Waals surface area contributed by atoms with Crippen LogP contribution in [-0.4, -0.2) is 34.9 Å². The summed E-state index contributed by atoms with van der Waals surface area (Å²) in [5.74, 6) is 0.547. The second-order valence-corrected chi connectivity index (χ2v) is 7.27. The number of ether oxygens (including phenoxy) is 1. The molecule has 124 valence electrons. The van der Waals surface area contributed by atoms with Gasteiger partial charge in [0.25, 0.3) is 5.91 Å². The molecule has 0 bridgehead atoms. The number of carbonyl (C=O) groups is 1. The molecule has 0 spiro atoms. The molecule has 0 aliphatic heterocycles. The molecule has 2 atom stereocenters. The Balaban J connectivity index is 1.72. The summed E-state index contributed by atoms with van der Waals surface area (Å²) in [4.78, 5) is 12.1. The standard InChI is InChI=1S/C17H29N3O2/c1-13-7-5-6-8-15(13)22-10-9-18-16(21)14-11-19-20(12-14)17(2,3)4/h11-13,15H,5-10H2,1-4H3,(H,18,21). The van der Waals surface area contributed by atoms with Crippen molar-refractivity contribution in [3.8, 4) is 0 Å². The number of carbonyl (C=O) groups excluding carboxylic acids is 1. The normalized spacial score (nSPS) is 22.5. The van der Waals surface area contributed by atoms with Crippen molar-refractivity contribution in [1.82, 2.24) is 15.1 Å². The van der Waals surface area contributed by atoms with Crippen LogP contribution in [0.1, 0.15) is 63.7 Å². The van der Waals surface area contributed by atoms with Crippen LogP contribution in [-0.2, 0) is 10.3 Å². The maximum absolute atomic E-state index is 12.1. The topological polar surface area (TPSA) is 56.1 Å².